The lowest BCUT2D eigenvalue weighted by Gasteiger charge is -2.21. The molecule has 5 heteroatoms. The third-order valence-electron chi connectivity index (χ3n) is 4.60. The van der Waals surface area contributed by atoms with Gasteiger partial charge in [-0.15, -0.1) is 0 Å². The molecule has 0 heterocycles. The highest BCUT2D eigenvalue weighted by Crippen LogP contribution is 2.12. The third-order valence-corrected chi connectivity index (χ3v) is 4.60. The summed E-state index contributed by atoms with van der Waals surface area (Å²) in [5.74, 6) is -0.0776. The molecule has 0 aromatic heterocycles. The summed E-state index contributed by atoms with van der Waals surface area (Å²) in [6.07, 6.45) is 0. The van der Waals surface area contributed by atoms with E-state index in [0.717, 1.165) is 17.1 Å². The number of nitrogens with zero attached hydrogens (tertiary/aromatic N) is 1. The van der Waals surface area contributed by atoms with Crippen LogP contribution in [0.25, 0.3) is 0 Å². The number of benzene rings is 2. The molecule has 2 atom stereocenters. The van der Waals surface area contributed by atoms with Crippen LogP contribution in [0.15, 0.2) is 48.5 Å². The molecule has 26 heavy (non-hydrogen) atoms. The fraction of sp³-hybridized carbons (Fsp3) is 0.333. The molecule has 2 aromatic carbocycles. The molecule has 0 radical (unpaired) electrons. The molecule has 0 saturated carbocycles. The molecule has 1 amide bonds. The molecule has 0 bridgehead atoms. The van der Waals surface area contributed by atoms with Gasteiger partial charge in [0.1, 0.15) is 6.54 Å². The fourth-order valence-electron chi connectivity index (χ4n) is 2.68. The Morgan fingerprint density at radius 1 is 1.12 bits per heavy atom. The Morgan fingerprint density at radius 2 is 1.77 bits per heavy atom. The number of nitrogens with one attached hydrogen (secondary N) is 2. The van der Waals surface area contributed by atoms with E-state index in [1.54, 1.807) is 24.3 Å². The van der Waals surface area contributed by atoms with Gasteiger partial charge in [-0.2, -0.15) is 0 Å². The number of carbonyl (C=O) groups excluding carboxylic acids is 2. The van der Waals surface area contributed by atoms with Gasteiger partial charge < -0.3 is 15.1 Å². The summed E-state index contributed by atoms with van der Waals surface area (Å²) in [7, 11) is 6.04. The summed E-state index contributed by atoms with van der Waals surface area (Å²) in [6.45, 7) is 4.19. The van der Waals surface area contributed by atoms with Gasteiger partial charge in [0.2, 0.25) is 0 Å². The van der Waals surface area contributed by atoms with E-state index in [-0.39, 0.29) is 17.7 Å². The minimum Gasteiger partial charge on any atom is -0.378 e. The van der Waals surface area contributed by atoms with Crippen LogP contribution in [0.2, 0.25) is 0 Å². The van der Waals surface area contributed by atoms with E-state index in [1.807, 2.05) is 28.1 Å². The van der Waals surface area contributed by atoms with Crippen LogP contribution in [0.3, 0.4) is 0 Å². The maximum Gasteiger partial charge on any atom is 0.282 e. The van der Waals surface area contributed by atoms with Crippen molar-refractivity contribution < 1.29 is 14.5 Å². The standard InChI is InChI=1S/C21H27N3O2/c1-15(21(26)22-19-8-6-7-18(13-19)16(2)25)24(5)14-17-9-11-20(12-10-17)23(3)4/h6-13,15H,14H2,1-5H3,(H,22,26)/p+1/t15-/m1/s1. The molecule has 1 unspecified atom stereocenters. The van der Waals surface area contributed by atoms with Gasteiger partial charge in [0.15, 0.2) is 11.8 Å². The molecular formula is C21H28N3O2+. The Kier molecular flexibility index (Phi) is 6.52. The number of ketones is 1. The largest absolute Gasteiger partial charge is 0.378 e. The maximum absolute atomic E-state index is 12.5. The highest BCUT2D eigenvalue weighted by atomic mass is 16.2. The van der Waals surface area contributed by atoms with Gasteiger partial charge in [0, 0.05) is 36.6 Å². The molecule has 0 spiro atoms. The molecular weight excluding hydrogens is 326 g/mol. The number of likely N-dealkylation sites (N-methyl/N-ethyl adjacent to an activating group) is 1. The maximum atomic E-state index is 12.5. The van der Waals surface area contributed by atoms with Crippen LogP contribution in [-0.4, -0.2) is 38.9 Å². The van der Waals surface area contributed by atoms with Crippen molar-refractivity contribution in [3.8, 4) is 0 Å². The Balaban J connectivity index is 1.98. The van der Waals surface area contributed by atoms with Crippen molar-refractivity contribution >= 4 is 23.1 Å². The minimum atomic E-state index is -0.218. The monoisotopic (exact) mass is 354 g/mol. The first kappa shape index (κ1) is 19.7. The lowest BCUT2D eigenvalue weighted by molar-refractivity contribution is -0.907. The Hall–Kier alpha value is -2.66. The Bertz CT molecular complexity index is 769. The second-order valence-electron chi connectivity index (χ2n) is 6.93. The van der Waals surface area contributed by atoms with Gasteiger partial charge >= 0.3 is 0 Å². The van der Waals surface area contributed by atoms with E-state index >= 15 is 0 Å². The summed E-state index contributed by atoms with van der Waals surface area (Å²) in [6, 6.07) is 15.2. The van der Waals surface area contributed by atoms with E-state index in [9.17, 15) is 9.59 Å². The van der Waals surface area contributed by atoms with Gasteiger partial charge in [-0.05, 0) is 38.1 Å². The van der Waals surface area contributed by atoms with Crippen molar-refractivity contribution in [1.29, 1.82) is 0 Å². The van der Waals surface area contributed by atoms with Crippen molar-refractivity contribution in [3.63, 3.8) is 0 Å². The molecule has 0 saturated heterocycles. The van der Waals surface area contributed by atoms with Crippen LogP contribution in [0.4, 0.5) is 11.4 Å². The number of Topliss-reactive ketones (excluding diaryl/α,β-unsaturated/α-hetero) is 1. The van der Waals surface area contributed by atoms with E-state index in [4.69, 9.17) is 0 Å². The zero-order chi connectivity index (χ0) is 19.3. The molecule has 2 rings (SSSR count). The molecule has 5 nitrogen and oxygen atoms in total. The Labute approximate surface area is 155 Å². The van der Waals surface area contributed by atoms with Gasteiger partial charge in [-0.3, -0.25) is 9.59 Å². The van der Waals surface area contributed by atoms with E-state index < -0.39 is 0 Å². The third kappa shape index (κ3) is 5.17. The second kappa shape index (κ2) is 8.63. The van der Waals surface area contributed by atoms with Crippen molar-refractivity contribution in [3.05, 3.63) is 59.7 Å². The first-order chi connectivity index (χ1) is 12.3. The number of quaternary nitrogens is 1. The van der Waals surface area contributed by atoms with E-state index in [1.165, 1.54) is 12.5 Å². The first-order valence-corrected chi connectivity index (χ1v) is 8.78. The quantitative estimate of drug-likeness (QED) is 0.748. The second-order valence-corrected chi connectivity index (χ2v) is 6.93. The highest BCUT2D eigenvalue weighted by molar-refractivity contribution is 5.97. The predicted octanol–water partition coefficient (Wildman–Crippen LogP) is 2.00. The summed E-state index contributed by atoms with van der Waals surface area (Å²) >= 11 is 0. The molecule has 138 valence electrons. The van der Waals surface area contributed by atoms with Crippen LogP contribution in [0, 0.1) is 0 Å². The summed E-state index contributed by atoms with van der Waals surface area (Å²) < 4.78 is 0. The molecule has 0 aliphatic carbocycles. The van der Waals surface area contributed by atoms with Gasteiger partial charge in [0.25, 0.3) is 5.91 Å². The van der Waals surface area contributed by atoms with E-state index in [0.29, 0.717) is 11.3 Å². The van der Waals surface area contributed by atoms with Crippen LogP contribution < -0.4 is 15.1 Å². The van der Waals surface area contributed by atoms with Crippen LogP contribution in [0.5, 0.6) is 0 Å². The number of anilines is 2. The number of rotatable bonds is 7. The topological polar surface area (TPSA) is 53.9 Å². The van der Waals surface area contributed by atoms with Gasteiger partial charge in [-0.1, -0.05) is 24.3 Å². The number of hydrogen-bond donors (Lipinski definition) is 2. The van der Waals surface area contributed by atoms with Crippen LogP contribution in [-0.2, 0) is 11.3 Å². The summed E-state index contributed by atoms with van der Waals surface area (Å²) in [4.78, 5) is 27.2. The zero-order valence-electron chi connectivity index (χ0n) is 16.2. The molecule has 0 aliphatic heterocycles. The molecule has 0 aliphatic rings. The molecule has 2 N–H and O–H groups in total. The number of carbonyl (C=O) groups is 2. The normalized spacial score (nSPS) is 13.0. The van der Waals surface area contributed by atoms with Gasteiger partial charge in [-0.25, -0.2) is 0 Å². The average molecular weight is 354 g/mol. The minimum absolute atomic E-state index is 0.0157. The van der Waals surface area contributed by atoms with E-state index in [2.05, 4.69) is 34.5 Å². The van der Waals surface area contributed by atoms with Crippen LogP contribution >= 0.6 is 0 Å². The number of amides is 1. The predicted molar refractivity (Wildman–Crippen MR) is 106 cm³/mol. The lowest BCUT2D eigenvalue weighted by Crippen LogP contribution is -3.12. The zero-order valence-corrected chi connectivity index (χ0v) is 16.2. The molecule has 0 fully saturated rings. The Morgan fingerprint density at radius 3 is 2.35 bits per heavy atom. The van der Waals surface area contributed by atoms with Crippen molar-refractivity contribution in [2.45, 2.75) is 26.4 Å². The summed E-state index contributed by atoms with van der Waals surface area (Å²) in [5.41, 5.74) is 3.59. The smallest absolute Gasteiger partial charge is 0.282 e. The first-order valence-electron chi connectivity index (χ1n) is 8.78. The SMILES string of the molecule is CC(=O)c1cccc(NC(=O)[C@@H](C)[NH+](C)Cc2ccc(N(C)C)cc2)c1. The highest BCUT2D eigenvalue weighted by Gasteiger charge is 2.22. The fourth-order valence-corrected chi connectivity index (χ4v) is 2.68. The summed E-state index contributed by atoms with van der Waals surface area (Å²) in [5, 5.41) is 2.91. The van der Waals surface area contributed by atoms with Crippen molar-refractivity contribution in [1.82, 2.24) is 0 Å². The number of hydrogen-bond acceptors (Lipinski definition) is 3. The lowest BCUT2D eigenvalue weighted by atomic mass is 10.1. The van der Waals surface area contributed by atoms with Gasteiger partial charge in [0.05, 0.1) is 7.05 Å². The average Bonchev–Trinajstić information content (AvgIpc) is 2.61. The van der Waals surface area contributed by atoms with Crippen molar-refractivity contribution in [2.75, 3.05) is 31.4 Å². The van der Waals surface area contributed by atoms with Crippen LogP contribution in [0.1, 0.15) is 29.8 Å². The van der Waals surface area contributed by atoms with Crippen molar-refractivity contribution in [2.24, 2.45) is 0 Å². The molecule has 2 aromatic rings.